The monoisotopic (exact) mass is 362 g/mol. The summed E-state index contributed by atoms with van der Waals surface area (Å²) in [6.45, 7) is 5.85. The lowest BCUT2D eigenvalue weighted by Crippen LogP contribution is -1.99. The highest BCUT2D eigenvalue weighted by molar-refractivity contribution is 5.89. The van der Waals surface area contributed by atoms with Gasteiger partial charge in [-0.05, 0) is 42.3 Å². The van der Waals surface area contributed by atoms with Gasteiger partial charge in [0.15, 0.2) is 0 Å². The van der Waals surface area contributed by atoms with Gasteiger partial charge in [-0.25, -0.2) is 4.98 Å². The van der Waals surface area contributed by atoms with E-state index in [2.05, 4.69) is 97.0 Å². The van der Waals surface area contributed by atoms with Crippen LogP contribution in [0.2, 0.25) is 0 Å². The van der Waals surface area contributed by atoms with Crippen molar-refractivity contribution in [1.82, 2.24) is 9.55 Å². The standard InChI is InChI=1S/C26H22N2/c1-3-5-13-20(4-2)22-16-9-10-17-23(22)26-27-24-18-11-12-19-25(24)28(26)21-14-7-6-8-15-21/h3-19H,1H2,2H3. The second-order valence-electron chi connectivity index (χ2n) is 6.48. The van der Waals surface area contributed by atoms with Gasteiger partial charge in [0, 0.05) is 11.3 Å². The summed E-state index contributed by atoms with van der Waals surface area (Å²) < 4.78 is 2.23. The molecular weight excluding hydrogens is 340 g/mol. The highest BCUT2D eigenvalue weighted by Crippen LogP contribution is 2.33. The average Bonchev–Trinajstić information content (AvgIpc) is 3.14. The zero-order chi connectivity index (χ0) is 19.3. The molecule has 0 saturated carbocycles. The van der Waals surface area contributed by atoms with Crippen LogP contribution in [0.25, 0.3) is 33.7 Å². The summed E-state index contributed by atoms with van der Waals surface area (Å²) in [5, 5.41) is 0. The van der Waals surface area contributed by atoms with Crippen molar-refractivity contribution >= 4 is 16.6 Å². The van der Waals surface area contributed by atoms with Crippen LogP contribution >= 0.6 is 0 Å². The molecule has 2 nitrogen and oxygen atoms in total. The lowest BCUT2D eigenvalue weighted by atomic mass is 9.98. The molecule has 2 heteroatoms. The summed E-state index contributed by atoms with van der Waals surface area (Å²) in [6.07, 6.45) is 7.97. The predicted molar refractivity (Wildman–Crippen MR) is 119 cm³/mol. The first-order valence-corrected chi connectivity index (χ1v) is 9.41. The smallest absolute Gasteiger partial charge is 0.146 e. The van der Waals surface area contributed by atoms with E-state index >= 15 is 0 Å². The SMILES string of the molecule is C=CC=CC(=CC)c1ccccc1-c1nc2ccccc2n1-c1ccccc1. The maximum atomic E-state index is 5.01. The molecule has 0 N–H and O–H groups in total. The fourth-order valence-corrected chi connectivity index (χ4v) is 3.49. The van der Waals surface area contributed by atoms with Crippen molar-refractivity contribution in [3.8, 4) is 17.1 Å². The number of hydrogen-bond donors (Lipinski definition) is 0. The molecule has 0 aliphatic carbocycles. The largest absolute Gasteiger partial charge is 0.292 e. The van der Waals surface area contributed by atoms with E-state index in [0.29, 0.717) is 0 Å². The van der Waals surface area contributed by atoms with Crippen LogP contribution in [0.5, 0.6) is 0 Å². The number of imidazole rings is 1. The molecule has 0 bridgehead atoms. The van der Waals surface area contributed by atoms with E-state index in [-0.39, 0.29) is 0 Å². The summed E-state index contributed by atoms with van der Waals surface area (Å²) in [6, 6.07) is 27.1. The molecule has 0 atom stereocenters. The summed E-state index contributed by atoms with van der Waals surface area (Å²) in [5.41, 5.74) is 6.58. The molecule has 0 aliphatic rings. The molecule has 0 unspecified atom stereocenters. The van der Waals surface area contributed by atoms with Crippen molar-refractivity contribution in [2.75, 3.05) is 0 Å². The van der Waals surface area contributed by atoms with Gasteiger partial charge in [0.25, 0.3) is 0 Å². The third kappa shape index (κ3) is 3.21. The molecule has 1 aromatic heterocycles. The Kier molecular flexibility index (Phi) is 5.03. The molecule has 1 heterocycles. The normalized spacial score (nSPS) is 12.0. The van der Waals surface area contributed by atoms with Crippen molar-refractivity contribution < 1.29 is 0 Å². The van der Waals surface area contributed by atoms with E-state index in [1.54, 1.807) is 6.08 Å². The summed E-state index contributed by atoms with van der Waals surface area (Å²) >= 11 is 0. The van der Waals surface area contributed by atoms with E-state index in [9.17, 15) is 0 Å². The minimum absolute atomic E-state index is 0.939. The number of aromatic nitrogens is 2. The molecule has 0 aliphatic heterocycles. The summed E-state index contributed by atoms with van der Waals surface area (Å²) in [5.74, 6) is 0.939. The molecule has 28 heavy (non-hydrogen) atoms. The van der Waals surface area contributed by atoms with E-state index in [0.717, 1.165) is 39.2 Å². The van der Waals surface area contributed by atoms with Crippen LogP contribution in [0.4, 0.5) is 0 Å². The van der Waals surface area contributed by atoms with Crippen LogP contribution in [-0.4, -0.2) is 9.55 Å². The summed E-state index contributed by atoms with van der Waals surface area (Å²) in [4.78, 5) is 5.01. The first-order valence-electron chi connectivity index (χ1n) is 9.41. The third-order valence-electron chi connectivity index (χ3n) is 4.78. The van der Waals surface area contributed by atoms with Crippen molar-refractivity contribution in [1.29, 1.82) is 0 Å². The van der Waals surface area contributed by atoms with Crippen LogP contribution in [0.1, 0.15) is 12.5 Å². The van der Waals surface area contributed by atoms with Crippen LogP contribution < -0.4 is 0 Å². The molecule has 136 valence electrons. The van der Waals surface area contributed by atoms with Gasteiger partial charge >= 0.3 is 0 Å². The lowest BCUT2D eigenvalue weighted by Gasteiger charge is -2.13. The van der Waals surface area contributed by atoms with Gasteiger partial charge in [-0.15, -0.1) is 0 Å². The Morgan fingerprint density at radius 3 is 2.39 bits per heavy atom. The van der Waals surface area contributed by atoms with E-state index in [1.165, 1.54) is 0 Å². The molecule has 0 radical (unpaired) electrons. The van der Waals surface area contributed by atoms with Crippen molar-refractivity contribution in [2.45, 2.75) is 6.92 Å². The Hall–Kier alpha value is -3.65. The Morgan fingerprint density at radius 1 is 0.893 bits per heavy atom. The first-order chi connectivity index (χ1) is 13.8. The third-order valence-corrected chi connectivity index (χ3v) is 4.78. The molecule has 3 aromatic carbocycles. The zero-order valence-electron chi connectivity index (χ0n) is 15.9. The van der Waals surface area contributed by atoms with Gasteiger partial charge < -0.3 is 0 Å². The highest BCUT2D eigenvalue weighted by atomic mass is 15.1. The molecule has 4 aromatic rings. The van der Waals surface area contributed by atoms with Crippen molar-refractivity contribution in [3.05, 3.63) is 115 Å². The number of benzene rings is 3. The van der Waals surface area contributed by atoms with Crippen LogP contribution in [0.15, 0.2) is 110 Å². The molecule has 4 rings (SSSR count). The highest BCUT2D eigenvalue weighted by Gasteiger charge is 2.17. The zero-order valence-corrected chi connectivity index (χ0v) is 15.9. The Balaban J connectivity index is 2.02. The number of rotatable bonds is 5. The second-order valence-corrected chi connectivity index (χ2v) is 6.48. The quantitative estimate of drug-likeness (QED) is 0.355. The fraction of sp³-hybridized carbons (Fsp3) is 0.0385. The minimum Gasteiger partial charge on any atom is -0.292 e. The lowest BCUT2D eigenvalue weighted by molar-refractivity contribution is 1.10. The van der Waals surface area contributed by atoms with Gasteiger partial charge in [0.1, 0.15) is 5.82 Å². The number of hydrogen-bond acceptors (Lipinski definition) is 1. The topological polar surface area (TPSA) is 17.8 Å². The molecule has 0 fully saturated rings. The predicted octanol–water partition coefficient (Wildman–Crippen LogP) is 6.84. The number of para-hydroxylation sites is 3. The number of nitrogens with zero attached hydrogens (tertiary/aromatic N) is 2. The number of allylic oxidation sites excluding steroid dienone is 5. The first kappa shape index (κ1) is 17.7. The van der Waals surface area contributed by atoms with Gasteiger partial charge in [-0.1, -0.05) is 85.5 Å². The maximum absolute atomic E-state index is 5.01. The molecule has 0 spiro atoms. The van der Waals surface area contributed by atoms with Gasteiger partial charge in [-0.3, -0.25) is 4.57 Å². The van der Waals surface area contributed by atoms with Crippen LogP contribution in [0, 0.1) is 0 Å². The fourth-order valence-electron chi connectivity index (χ4n) is 3.49. The molecular formula is C26H22N2. The average molecular weight is 362 g/mol. The second kappa shape index (κ2) is 7.93. The van der Waals surface area contributed by atoms with E-state index in [1.807, 2.05) is 18.2 Å². The Morgan fingerprint density at radius 2 is 1.61 bits per heavy atom. The van der Waals surface area contributed by atoms with Crippen molar-refractivity contribution in [3.63, 3.8) is 0 Å². The van der Waals surface area contributed by atoms with Gasteiger partial charge in [-0.2, -0.15) is 0 Å². The Labute approximate surface area is 165 Å². The summed E-state index contributed by atoms with van der Waals surface area (Å²) in [7, 11) is 0. The molecule has 0 amide bonds. The van der Waals surface area contributed by atoms with Gasteiger partial charge in [0.2, 0.25) is 0 Å². The van der Waals surface area contributed by atoms with E-state index < -0.39 is 0 Å². The Bertz CT molecular complexity index is 1180. The van der Waals surface area contributed by atoms with Crippen LogP contribution in [-0.2, 0) is 0 Å². The molecule has 0 saturated heterocycles. The minimum atomic E-state index is 0.939. The maximum Gasteiger partial charge on any atom is 0.146 e. The van der Waals surface area contributed by atoms with Crippen LogP contribution in [0.3, 0.4) is 0 Å². The van der Waals surface area contributed by atoms with E-state index in [4.69, 9.17) is 4.98 Å². The van der Waals surface area contributed by atoms with Crippen molar-refractivity contribution in [2.24, 2.45) is 0 Å². The number of fused-ring (bicyclic) bond motifs is 1. The van der Waals surface area contributed by atoms with Gasteiger partial charge in [0.05, 0.1) is 11.0 Å².